The van der Waals surface area contributed by atoms with E-state index in [9.17, 15) is 4.79 Å². The maximum absolute atomic E-state index is 11.2. The number of carbonyl (C=O) groups excluding carboxylic acids is 1. The highest BCUT2D eigenvalue weighted by atomic mass is 16.1. The van der Waals surface area contributed by atoms with Crippen LogP contribution in [-0.4, -0.2) is 25.0 Å². The summed E-state index contributed by atoms with van der Waals surface area (Å²) in [6.45, 7) is 2.64. The number of hydrogen-bond donors (Lipinski definition) is 2. The van der Waals surface area contributed by atoms with Crippen LogP contribution in [0.25, 0.3) is 0 Å². The Hall–Kier alpha value is -1.52. The Kier molecular flexibility index (Phi) is 8.13. The molecule has 0 aliphatic rings. The Morgan fingerprint density at radius 2 is 2.33 bits per heavy atom. The predicted octanol–water partition coefficient (Wildman–Crippen LogP) is 0.408. The van der Waals surface area contributed by atoms with Gasteiger partial charge in [0.05, 0.1) is 25.1 Å². The average Bonchev–Trinajstić information content (AvgIpc) is 2.24. The fourth-order valence-corrected chi connectivity index (χ4v) is 1.07. The molecule has 0 saturated carbocycles. The number of nitriles is 1. The number of nitrogens with one attached hydrogen (secondary N) is 2. The van der Waals surface area contributed by atoms with Crippen molar-refractivity contribution in [3.63, 3.8) is 0 Å². The number of amides is 1. The molecule has 4 nitrogen and oxygen atoms in total. The lowest BCUT2D eigenvalue weighted by atomic mass is 10.2. The number of carbonyl (C=O) groups is 1. The minimum Gasteiger partial charge on any atom is -0.354 e. The number of hydrogen-bond acceptors (Lipinski definition) is 3. The highest BCUT2D eigenvalue weighted by Gasteiger charge is 2.05. The smallest absolute Gasteiger partial charge is 0.234 e. The summed E-state index contributed by atoms with van der Waals surface area (Å²) in [6, 6.07) is 1.91. The third-order valence-corrected chi connectivity index (χ3v) is 1.85. The lowest BCUT2D eigenvalue weighted by Crippen LogP contribution is -2.38. The van der Waals surface area contributed by atoms with Gasteiger partial charge < -0.3 is 5.32 Å². The summed E-state index contributed by atoms with van der Waals surface area (Å²) in [5.74, 6) is 2.46. The van der Waals surface area contributed by atoms with Crippen molar-refractivity contribution in [2.45, 2.75) is 32.2 Å². The minimum atomic E-state index is -0.124. The van der Waals surface area contributed by atoms with Gasteiger partial charge in [0.1, 0.15) is 0 Å². The topological polar surface area (TPSA) is 64.9 Å². The van der Waals surface area contributed by atoms with Gasteiger partial charge in [0.2, 0.25) is 5.91 Å². The van der Waals surface area contributed by atoms with E-state index < -0.39 is 0 Å². The van der Waals surface area contributed by atoms with Gasteiger partial charge in [0, 0.05) is 6.54 Å². The van der Waals surface area contributed by atoms with E-state index in [2.05, 4.69) is 16.6 Å². The van der Waals surface area contributed by atoms with E-state index in [1.807, 2.05) is 13.0 Å². The van der Waals surface area contributed by atoms with E-state index in [0.717, 1.165) is 12.8 Å². The summed E-state index contributed by atoms with van der Waals surface area (Å²) >= 11 is 0. The van der Waals surface area contributed by atoms with Crippen molar-refractivity contribution in [3.8, 4) is 18.4 Å². The van der Waals surface area contributed by atoms with Gasteiger partial charge in [-0.25, -0.2) is 0 Å². The molecule has 0 aromatic rings. The summed E-state index contributed by atoms with van der Waals surface area (Å²) in [4.78, 5) is 11.2. The summed E-state index contributed by atoms with van der Waals surface area (Å²) in [5.41, 5.74) is 0. The fraction of sp³-hybridized carbons (Fsp3) is 0.636. The fourth-order valence-electron chi connectivity index (χ4n) is 1.07. The van der Waals surface area contributed by atoms with E-state index in [0.29, 0.717) is 13.0 Å². The summed E-state index contributed by atoms with van der Waals surface area (Å²) in [6.07, 6.45) is 7.46. The Balaban J connectivity index is 3.61. The predicted molar refractivity (Wildman–Crippen MR) is 58.8 cm³/mol. The van der Waals surface area contributed by atoms with Gasteiger partial charge in [-0.2, -0.15) is 5.26 Å². The van der Waals surface area contributed by atoms with Crippen LogP contribution in [0.4, 0.5) is 0 Å². The molecule has 4 heteroatoms. The van der Waals surface area contributed by atoms with E-state index >= 15 is 0 Å². The molecule has 0 bridgehead atoms. The highest BCUT2D eigenvalue weighted by Crippen LogP contribution is 1.93. The summed E-state index contributed by atoms with van der Waals surface area (Å²) < 4.78 is 0. The average molecular weight is 207 g/mol. The number of rotatable bonds is 7. The van der Waals surface area contributed by atoms with Crippen LogP contribution < -0.4 is 10.6 Å². The van der Waals surface area contributed by atoms with Gasteiger partial charge in [0.15, 0.2) is 0 Å². The van der Waals surface area contributed by atoms with Crippen molar-refractivity contribution in [2.24, 2.45) is 0 Å². The summed E-state index contributed by atoms with van der Waals surface area (Å²) in [7, 11) is 0. The van der Waals surface area contributed by atoms with Crippen molar-refractivity contribution < 1.29 is 4.79 Å². The van der Waals surface area contributed by atoms with Crippen LogP contribution in [0.2, 0.25) is 0 Å². The molecule has 1 unspecified atom stereocenters. The van der Waals surface area contributed by atoms with Crippen LogP contribution in [0.5, 0.6) is 0 Å². The summed E-state index contributed by atoms with van der Waals surface area (Å²) in [5, 5.41) is 13.8. The maximum atomic E-state index is 11.2. The largest absolute Gasteiger partial charge is 0.354 e. The van der Waals surface area contributed by atoms with Crippen LogP contribution in [0.15, 0.2) is 0 Å². The molecule has 82 valence electrons. The lowest BCUT2D eigenvalue weighted by molar-refractivity contribution is -0.120. The third-order valence-electron chi connectivity index (χ3n) is 1.85. The number of terminal acetylenes is 1. The van der Waals surface area contributed by atoms with E-state index in [1.165, 1.54) is 0 Å². The molecular formula is C11H17N3O. The molecule has 0 saturated heterocycles. The molecule has 1 amide bonds. The van der Waals surface area contributed by atoms with Gasteiger partial charge in [-0.15, -0.1) is 6.42 Å². The zero-order chi connectivity index (χ0) is 11.5. The standard InChI is InChI=1S/C11H17N3O/c1-3-6-10(4-2)14-9-11(15)13-8-5-7-12/h2,10,14H,3,5-6,8-9H2,1H3,(H,13,15). The molecule has 0 fully saturated rings. The molecule has 0 aliphatic carbocycles. The molecule has 1 atom stereocenters. The van der Waals surface area contributed by atoms with Crippen molar-refractivity contribution in [1.82, 2.24) is 10.6 Å². The third kappa shape index (κ3) is 7.54. The van der Waals surface area contributed by atoms with Gasteiger partial charge in [-0.05, 0) is 6.42 Å². The van der Waals surface area contributed by atoms with Gasteiger partial charge >= 0.3 is 0 Å². The second-order valence-corrected chi connectivity index (χ2v) is 3.15. The molecule has 0 rings (SSSR count). The Labute approximate surface area is 91.0 Å². The SMILES string of the molecule is C#CC(CCC)NCC(=O)NCCC#N. The Morgan fingerprint density at radius 3 is 2.87 bits per heavy atom. The van der Waals surface area contributed by atoms with E-state index in [4.69, 9.17) is 11.7 Å². The first-order chi connectivity index (χ1) is 7.24. The molecular weight excluding hydrogens is 190 g/mol. The molecule has 15 heavy (non-hydrogen) atoms. The first-order valence-corrected chi connectivity index (χ1v) is 5.07. The highest BCUT2D eigenvalue weighted by molar-refractivity contribution is 5.78. The van der Waals surface area contributed by atoms with Crippen LogP contribution >= 0.6 is 0 Å². The van der Waals surface area contributed by atoms with Gasteiger partial charge in [0.25, 0.3) is 0 Å². The zero-order valence-corrected chi connectivity index (χ0v) is 9.05. The van der Waals surface area contributed by atoms with Crippen LogP contribution in [0.3, 0.4) is 0 Å². The minimum absolute atomic E-state index is 0.0447. The second-order valence-electron chi connectivity index (χ2n) is 3.15. The number of nitrogens with zero attached hydrogens (tertiary/aromatic N) is 1. The normalized spacial score (nSPS) is 11.1. The molecule has 0 spiro atoms. The van der Waals surface area contributed by atoms with Crippen molar-refractivity contribution in [3.05, 3.63) is 0 Å². The first-order valence-electron chi connectivity index (χ1n) is 5.07. The van der Waals surface area contributed by atoms with Crippen LogP contribution in [0, 0.1) is 23.7 Å². The molecule has 0 aromatic heterocycles. The van der Waals surface area contributed by atoms with Crippen LogP contribution in [-0.2, 0) is 4.79 Å². The molecule has 0 aliphatic heterocycles. The molecule has 0 radical (unpaired) electrons. The van der Waals surface area contributed by atoms with E-state index in [1.54, 1.807) is 0 Å². The Morgan fingerprint density at radius 1 is 1.60 bits per heavy atom. The molecule has 0 heterocycles. The lowest BCUT2D eigenvalue weighted by Gasteiger charge is -2.11. The second kappa shape index (κ2) is 9.05. The zero-order valence-electron chi connectivity index (χ0n) is 9.05. The monoisotopic (exact) mass is 207 g/mol. The molecule has 2 N–H and O–H groups in total. The Bertz CT molecular complexity index is 262. The quantitative estimate of drug-likeness (QED) is 0.469. The van der Waals surface area contributed by atoms with Crippen molar-refractivity contribution in [2.75, 3.05) is 13.1 Å². The first kappa shape index (κ1) is 13.5. The van der Waals surface area contributed by atoms with Crippen molar-refractivity contribution >= 4 is 5.91 Å². The molecule has 0 aromatic carbocycles. The van der Waals surface area contributed by atoms with Crippen molar-refractivity contribution in [1.29, 1.82) is 5.26 Å². The maximum Gasteiger partial charge on any atom is 0.234 e. The van der Waals surface area contributed by atoms with Crippen LogP contribution in [0.1, 0.15) is 26.2 Å². The van der Waals surface area contributed by atoms with E-state index in [-0.39, 0.29) is 18.5 Å². The van der Waals surface area contributed by atoms with Gasteiger partial charge in [-0.1, -0.05) is 19.3 Å². The van der Waals surface area contributed by atoms with Gasteiger partial charge in [-0.3, -0.25) is 10.1 Å².